The zero-order valence-electron chi connectivity index (χ0n) is 18.9. The Kier molecular flexibility index (Phi) is 5.83. The number of aryl methyl sites for hydroxylation is 1. The second-order valence-electron chi connectivity index (χ2n) is 8.39. The highest BCUT2D eigenvalue weighted by Crippen LogP contribution is 2.35. The molecule has 0 radical (unpaired) electrons. The van der Waals surface area contributed by atoms with E-state index in [1.54, 1.807) is 19.2 Å². The minimum atomic E-state index is -0.330. The van der Waals surface area contributed by atoms with Gasteiger partial charge in [0.25, 0.3) is 5.71 Å². The van der Waals surface area contributed by atoms with Crippen LogP contribution in [-0.2, 0) is 4.79 Å². The van der Waals surface area contributed by atoms with Crippen molar-refractivity contribution in [3.8, 4) is 17.0 Å². The summed E-state index contributed by atoms with van der Waals surface area (Å²) in [5, 5.41) is 7.85. The minimum absolute atomic E-state index is 0.0667. The first-order valence-corrected chi connectivity index (χ1v) is 11.1. The van der Waals surface area contributed by atoms with E-state index >= 15 is 0 Å². The van der Waals surface area contributed by atoms with Crippen LogP contribution in [0.3, 0.4) is 0 Å². The molecule has 1 fully saturated rings. The van der Waals surface area contributed by atoms with Crippen molar-refractivity contribution in [2.24, 2.45) is 5.92 Å². The smallest absolute Gasteiger partial charge is 0.263 e. The van der Waals surface area contributed by atoms with Crippen molar-refractivity contribution in [1.82, 2.24) is 15.1 Å². The Balaban J connectivity index is 1.42. The Hall–Kier alpha value is -4.01. The summed E-state index contributed by atoms with van der Waals surface area (Å²) in [4.78, 5) is 23.9. The van der Waals surface area contributed by atoms with Crippen LogP contribution in [0.15, 0.2) is 53.3 Å². The lowest BCUT2D eigenvalue weighted by atomic mass is 9.96. The summed E-state index contributed by atoms with van der Waals surface area (Å²) in [5.41, 5.74) is 3.29. The van der Waals surface area contributed by atoms with Crippen molar-refractivity contribution >= 4 is 28.5 Å². The second kappa shape index (κ2) is 9.09. The van der Waals surface area contributed by atoms with E-state index in [0.717, 1.165) is 24.9 Å². The Morgan fingerprint density at radius 2 is 2.03 bits per heavy atom. The Labute approximate surface area is 195 Å². The monoisotopic (exact) mass is 461 g/mol. The van der Waals surface area contributed by atoms with Crippen LogP contribution in [0.25, 0.3) is 22.4 Å². The number of benzene rings is 2. The molecule has 1 saturated heterocycles. The number of hydrogen-bond acceptors (Lipinski definition) is 7. The van der Waals surface area contributed by atoms with Crippen LogP contribution in [0.1, 0.15) is 18.4 Å². The fourth-order valence-electron chi connectivity index (χ4n) is 4.35. The first kappa shape index (κ1) is 21.8. The fraction of sp³-hybridized carbons (Fsp3) is 0.280. The molecule has 0 spiro atoms. The fourth-order valence-corrected chi connectivity index (χ4v) is 4.35. The number of hydrogen-bond donors (Lipinski definition) is 1. The number of fused-ring (bicyclic) bond motifs is 1. The van der Waals surface area contributed by atoms with Crippen molar-refractivity contribution in [2.75, 3.05) is 30.4 Å². The zero-order chi connectivity index (χ0) is 23.7. The number of ether oxygens (including phenoxy) is 1. The summed E-state index contributed by atoms with van der Waals surface area (Å²) >= 11 is 0. The highest BCUT2D eigenvalue weighted by Gasteiger charge is 2.30. The van der Waals surface area contributed by atoms with Crippen LogP contribution in [0.2, 0.25) is 0 Å². The summed E-state index contributed by atoms with van der Waals surface area (Å²) in [6.45, 7) is 3.19. The maximum Gasteiger partial charge on any atom is 0.263 e. The van der Waals surface area contributed by atoms with Crippen LogP contribution in [0.5, 0.6) is 5.75 Å². The van der Waals surface area contributed by atoms with E-state index in [-0.39, 0.29) is 17.6 Å². The molecule has 2 aromatic carbocycles. The number of carbonyl (C=O) groups is 1. The largest absolute Gasteiger partial charge is 0.495 e. The van der Waals surface area contributed by atoms with Gasteiger partial charge in [-0.1, -0.05) is 11.2 Å². The molecule has 5 rings (SSSR count). The summed E-state index contributed by atoms with van der Waals surface area (Å²) in [5.74, 6) is 0.637. The predicted molar refractivity (Wildman–Crippen MR) is 126 cm³/mol. The molecular weight excluding hydrogens is 437 g/mol. The Morgan fingerprint density at radius 1 is 1.21 bits per heavy atom. The number of methoxy groups -OCH3 is 1. The quantitative estimate of drug-likeness (QED) is 0.464. The van der Waals surface area contributed by atoms with Crippen LogP contribution in [-0.4, -0.2) is 41.2 Å². The minimum Gasteiger partial charge on any atom is -0.495 e. The van der Waals surface area contributed by atoms with Crippen molar-refractivity contribution in [2.45, 2.75) is 19.8 Å². The van der Waals surface area contributed by atoms with Gasteiger partial charge in [0.2, 0.25) is 5.91 Å². The molecule has 9 heteroatoms. The molecule has 1 aliphatic rings. The van der Waals surface area contributed by atoms with Crippen LogP contribution < -0.4 is 15.0 Å². The maximum absolute atomic E-state index is 13.4. The molecule has 1 amide bonds. The maximum atomic E-state index is 13.4. The van der Waals surface area contributed by atoms with Gasteiger partial charge in [-0.3, -0.25) is 4.79 Å². The summed E-state index contributed by atoms with van der Waals surface area (Å²) < 4.78 is 24.3. The van der Waals surface area contributed by atoms with E-state index in [1.165, 1.54) is 18.5 Å². The zero-order valence-corrected chi connectivity index (χ0v) is 18.9. The molecule has 1 aliphatic heterocycles. The van der Waals surface area contributed by atoms with Gasteiger partial charge in [0.15, 0.2) is 0 Å². The molecule has 8 nitrogen and oxygen atoms in total. The van der Waals surface area contributed by atoms with E-state index in [1.807, 2.05) is 25.1 Å². The number of rotatable bonds is 5. The topological polar surface area (TPSA) is 93.4 Å². The third-order valence-corrected chi connectivity index (χ3v) is 6.07. The van der Waals surface area contributed by atoms with Crippen molar-refractivity contribution in [3.63, 3.8) is 0 Å². The Bertz CT molecular complexity index is 1340. The standard InChI is InChI=1S/C25H24FN5O3/c1-15-5-10-20(33-2)19(12-15)29-24(32)17-4-3-11-31(13-17)23-21-22(16-6-8-18(26)9-7-16)30-34-25(21)28-14-27-23/h5-10,12,14,17H,3-4,11,13H2,1-2H3,(H,29,32). The van der Waals surface area contributed by atoms with Gasteiger partial charge in [-0.15, -0.1) is 0 Å². The number of piperidine rings is 1. The van der Waals surface area contributed by atoms with E-state index in [9.17, 15) is 9.18 Å². The SMILES string of the molecule is COc1ccc(C)cc1NC(=O)C1CCCN(c2ncnc3onc(-c4ccc(F)cc4)c23)C1. The van der Waals surface area contributed by atoms with Crippen LogP contribution >= 0.6 is 0 Å². The van der Waals surface area contributed by atoms with Crippen LogP contribution in [0.4, 0.5) is 15.9 Å². The molecule has 34 heavy (non-hydrogen) atoms. The number of anilines is 2. The third-order valence-electron chi connectivity index (χ3n) is 6.07. The van der Waals surface area contributed by atoms with Gasteiger partial charge >= 0.3 is 0 Å². The second-order valence-corrected chi connectivity index (χ2v) is 8.39. The highest BCUT2D eigenvalue weighted by atomic mass is 19.1. The molecule has 2 aromatic heterocycles. The predicted octanol–water partition coefficient (Wildman–Crippen LogP) is 4.60. The lowest BCUT2D eigenvalue weighted by molar-refractivity contribution is -0.120. The van der Waals surface area contributed by atoms with Gasteiger partial charge in [-0.2, -0.15) is 4.98 Å². The normalized spacial score (nSPS) is 16.0. The molecule has 1 N–H and O–H groups in total. The first-order chi connectivity index (χ1) is 16.5. The summed E-state index contributed by atoms with van der Waals surface area (Å²) in [6, 6.07) is 11.7. The van der Waals surface area contributed by atoms with Crippen molar-refractivity contribution in [1.29, 1.82) is 0 Å². The van der Waals surface area contributed by atoms with Gasteiger partial charge in [0.05, 0.1) is 18.7 Å². The summed E-state index contributed by atoms with van der Waals surface area (Å²) in [6.07, 6.45) is 3.02. The molecule has 0 bridgehead atoms. The van der Waals surface area contributed by atoms with E-state index < -0.39 is 0 Å². The van der Waals surface area contributed by atoms with Crippen LogP contribution in [0, 0.1) is 18.7 Å². The number of aromatic nitrogens is 3. The summed E-state index contributed by atoms with van der Waals surface area (Å²) in [7, 11) is 1.58. The molecule has 3 heterocycles. The van der Waals surface area contributed by atoms with E-state index in [4.69, 9.17) is 9.26 Å². The van der Waals surface area contributed by atoms with Gasteiger partial charge in [-0.25, -0.2) is 9.37 Å². The van der Waals surface area contributed by atoms with Gasteiger partial charge < -0.3 is 19.5 Å². The number of nitrogens with zero attached hydrogens (tertiary/aromatic N) is 4. The number of carbonyl (C=O) groups excluding carboxylic acids is 1. The Morgan fingerprint density at radius 3 is 2.82 bits per heavy atom. The number of nitrogens with one attached hydrogen (secondary N) is 1. The first-order valence-electron chi connectivity index (χ1n) is 11.1. The average molecular weight is 461 g/mol. The molecule has 4 aromatic rings. The van der Waals surface area contributed by atoms with Crippen molar-refractivity contribution in [3.05, 3.63) is 60.2 Å². The molecule has 1 atom stereocenters. The van der Waals surface area contributed by atoms with Gasteiger partial charge in [0, 0.05) is 18.7 Å². The molecular formula is C25H24FN5O3. The third kappa shape index (κ3) is 4.16. The highest BCUT2D eigenvalue weighted by molar-refractivity contribution is 5.98. The van der Waals surface area contributed by atoms with Gasteiger partial charge in [-0.05, 0) is 61.7 Å². The molecule has 1 unspecified atom stereocenters. The molecule has 0 aliphatic carbocycles. The number of halogens is 1. The lowest BCUT2D eigenvalue weighted by Gasteiger charge is -2.33. The van der Waals surface area contributed by atoms with Crippen molar-refractivity contribution < 1.29 is 18.4 Å². The number of amides is 1. The molecule has 174 valence electrons. The molecule has 0 saturated carbocycles. The average Bonchev–Trinajstić information content (AvgIpc) is 3.29. The van der Waals surface area contributed by atoms with E-state index in [0.29, 0.717) is 46.2 Å². The van der Waals surface area contributed by atoms with E-state index in [2.05, 4.69) is 25.3 Å². The van der Waals surface area contributed by atoms with Gasteiger partial charge in [0.1, 0.15) is 34.8 Å². The lowest BCUT2D eigenvalue weighted by Crippen LogP contribution is -2.41.